The van der Waals surface area contributed by atoms with E-state index in [-0.39, 0.29) is 5.41 Å². The monoisotopic (exact) mass is 377 g/mol. The highest BCUT2D eigenvalue weighted by atomic mass is 14.7. The summed E-state index contributed by atoms with van der Waals surface area (Å²) < 4.78 is 0. The number of pyridine rings is 3. The predicted molar refractivity (Wildman–Crippen MR) is 120 cm³/mol. The number of rotatable bonds is 2. The average Bonchev–Trinajstić information content (AvgIpc) is 2.70. The Bertz CT molecular complexity index is 703. The first-order valence-electron chi connectivity index (χ1n) is 9.93. The summed E-state index contributed by atoms with van der Waals surface area (Å²) in [6, 6.07) is 14.2. The second-order valence-corrected chi connectivity index (χ2v) is 8.34. The molecule has 0 unspecified atom stereocenters. The first kappa shape index (κ1) is 23.5. The van der Waals surface area contributed by atoms with Crippen LogP contribution in [-0.4, -0.2) is 15.0 Å². The van der Waals surface area contributed by atoms with E-state index >= 15 is 0 Å². The normalized spacial score (nSPS) is 10.6. The summed E-state index contributed by atoms with van der Waals surface area (Å²) in [5.41, 5.74) is 4.06. The fraction of sp³-hybridized carbons (Fsp3) is 0.400. The molecule has 0 aromatic carbocycles. The van der Waals surface area contributed by atoms with Gasteiger partial charge in [-0.3, -0.25) is 15.0 Å². The molecular weight excluding hydrogens is 342 g/mol. The molecule has 3 aromatic rings. The van der Waals surface area contributed by atoms with Gasteiger partial charge in [0, 0.05) is 36.7 Å². The molecule has 0 saturated heterocycles. The van der Waals surface area contributed by atoms with Crippen LogP contribution in [0.1, 0.15) is 77.1 Å². The van der Waals surface area contributed by atoms with Crippen molar-refractivity contribution in [1.82, 2.24) is 15.0 Å². The molecule has 3 heteroatoms. The van der Waals surface area contributed by atoms with E-state index in [9.17, 15) is 0 Å². The van der Waals surface area contributed by atoms with E-state index in [4.69, 9.17) is 0 Å². The van der Waals surface area contributed by atoms with Gasteiger partial charge in [-0.2, -0.15) is 0 Å². The third kappa shape index (κ3) is 9.40. The van der Waals surface area contributed by atoms with E-state index in [1.54, 1.807) is 6.20 Å². The van der Waals surface area contributed by atoms with Crippen LogP contribution in [0.4, 0.5) is 0 Å². The highest BCUT2D eigenvalue weighted by Gasteiger charge is 2.11. The van der Waals surface area contributed by atoms with Crippen molar-refractivity contribution in [3.63, 3.8) is 0 Å². The number of nitrogens with zero attached hydrogens (tertiary/aromatic N) is 3. The maximum absolute atomic E-state index is 4.18. The van der Waals surface area contributed by atoms with Gasteiger partial charge in [0.2, 0.25) is 0 Å². The van der Waals surface area contributed by atoms with E-state index in [0.29, 0.717) is 11.8 Å². The molecule has 0 amide bonds. The molecule has 0 fully saturated rings. The first-order valence-corrected chi connectivity index (χ1v) is 9.93. The summed E-state index contributed by atoms with van der Waals surface area (Å²) in [6.45, 7) is 15.2. The third-order valence-electron chi connectivity index (χ3n) is 4.18. The van der Waals surface area contributed by atoms with Crippen molar-refractivity contribution in [3.05, 3.63) is 90.3 Å². The van der Waals surface area contributed by atoms with Gasteiger partial charge in [-0.1, -0.05) is 60.6 Å². The third-order valence-corrected chi connectivity index (χ3v) is 4.18. The van der Waals surface area contributed by atoms with E-state index < -0.39 is 0 Å². The lowest BCUT2D eigenvalue weighted by Gasteiger charge is -2.17. The minimum absolute atomic E-state index is 0.253. The van der Waals surface area contributed by atoms with Crippen LogP contribution in [0.2, 0.25) is 0 Å². The maximum Gasteiger partial charge on any atom is 0.0428 e. The summed E-state index contributed by atoms with van der Waals surface area (Å²) in [5.74, 6) is 1.14. The van der Waals surface area contributed by atoms with E-state index in [1.807, 2.05) is 49.1 Å². The Morgan fingerprint density at radius 2 is 1.36 bits per heavy atom. The minimum atomic E-state index is 0.253. The van der Waals surface area contributed by atoms with Crippen molar-refractivity contribution in [2.75, 3.05) is 0 Å². The van der Waals surface area contributed by atoms with Crippen molar-refractivity contribution in [2.45, 2.75) is 65.7 Å². The molecule has 0 atom stereocenters. The number of aromatic nitrogens is 3. The molecule has 0 N–H and O–H groups in total. The average molecular weight is 378 g/mol. The van der Waals surface area contributed by atoms with E-state index in [2.05, 4.69) is 81.6 Å². The van der Waals surface area contributed by atoms with Crippen LogP contribution in [0.25, 0.3) is 0 Å². The van der Waals surface area contributed by atoms with Crippen LogP contribution >= 0.6 is 0 Å². The first-order chi connectivity index (χ1) is 13.2. The Labute approximate surface area is 171 Å². The van der Waals surface area contributed by atoms with Crippen molar-refractivity contribution >= 4 is 0 Å². The lowest BCUT2D eigenvalue weighted by Crippen LogP contribution is -2.10. The summed E-state index contributed by atoms with van der Waals surface area (Å²) in [6.07, 6.45) is 9.20. The van der Waals surface area contributed by atoms with Gasteiger partial charge in [0.25, 0.3) is 0 Å². The van der Waals surface area contributed by atoms with E-state index in [0.717, 1.165) is 5.69 Å². The molecule has 0 spiro atoms. The maximum atomic E-state index is 4.18. The molecule has 3 aromatic heterocycles. The molecule has 0 aliphatic rings. The van der Waals surface area contributed by atoms with Crippen LogP contribution < -0.4 is 0 Å². The fourth-order valence-electron chi connectivity index (χ4n) is 2.29. The molecule has 0 radical (unpaired) electrons. The lowest BCUT2D eigenvalue weighted by molar-refractivity contribution is 0.589. The smallest absolute Gasteiger partial charge is 0.0428 e. The SMILES string of the molecule is CC(C)(C)c1ccncc1.CC(C)c1ccccn1.CC(C)c1cccnc1. The predicted octanol–water partition coefficient (Wildman–Crippen LogP) is 6.79. The largest absolute Gasteiger partial charge is 0.265 e. The Kier molecular flexibility index (Phi) is 10.1. The topological polar surface area (TPSA) is 38.7 Å². The van der Waals surface area contributed by atoms with Crippen LogP contribution in [0.5, 0.6) is 0 Å². The summed E-state index contributed by atoms with van der Waals surface area (Å²) in [4.78, 5) is 12.1. The zero-order chi connectivity index (χ0) is 21.0. The Hall–Kier alpha value is -2.55. The molecule has 150 valence electrons. The fourth-order valence-corrected chi connectivity index (χ4v) is 2.29. The minimum Gasteiger partial charge on any atom is -0.265 e. The van der Waals surface area contributed by atoms with Gasteiger partial charge in [0.05, 0.1) is 0 Å². The van der Waals surface area contributed by atoms with Crippen molar-refractivity contribution in [3.8, 4) is 0 Å². The zero-order valence-electron chi connectivity index (χ0n) is 18.4. The molecule has 0 aliphatic carbocycles. The molecule has 3 nitrogen and oxygen atoms in total. The van der Waals surface area contributed by atoms with Crippen LogP contribution in [0, 0.1) is 0 Å². The molecule has 0 saturated carbocycles. The quantitative estimate of drug-likeness (QED) is 0.493. The molecule has 0 bridgehead atoms. The molecule has 28 heavy (non-hydrogen) atoms. The van der Waals surface area contributed by atoms with Crippen LogP contribution in [0.3, 0.4) is 0 Å². The molecular formula is C25H35N3. The standard InChI is InChI=1S/C9H13N.2C8H11N/c1-9(2,3)8-4-6-10-7-5-8;1-7(2)8-4-3-5-9-6-8;1-7(2)8-5-3-4-6-9-8/h4-7H,1-3H3;2*3-7H,1-2H3. The van der Waals surface area contributed by atoms with Crippen molar-refractivity contribution in [1.29, 1.82) is 0 Å². The van der Waals surface area contributed by atoms with Gasteiger partial charge < -0.3 is 0 Å². The summed E-state index contributed by atoms with van der Waals surface area (Å²) >= 11 is 0. The van der Waals surface area contributed by atoms with Gasteiger partial charge in [-0.25, -0.2) is 0 Å². The highest BCUT2D eigenvalue weighted by Crippen LogP contribution is 2.20. The Balaban J connectivity index is 0.000000210. The van der Waals surface area contributed by atoms with Gasteiger partial charge in [-0.05, 0) is 58.7 Å². The number of hydrogen-bond donors (Lipinski definition) is 0. The molecule has 3 rings (SSSR count). The van der Waals surface area contributed by atoms with Gasteiger partial charge in [-0.15, -0.1) is 0 Å². The second-order valence-electron chi connectivity index (χ2n) is 8.34. The van der Waals surface area contributed by atoms with Gasteiger partial charge in [0.15, 0.2) is 0 Å². The summed E-state index contributed by atoms with van der Waals surface area (Å²) in [7, 11) is 0. The summed E-state index contributed by atoms with van der Waals surface area (Å²) in [5, 5.41) is 0. The van der Waals surface area contributed by atoms with Crippen LogP contribution in [0.15, 0.2) is 73.4 Å². The van der Waals surface area contributed by atoms with Crippen molar-refractivity contribution < 1.29 is 0 Å². The van der Waals surface area contributed by atoms with Crippen LogP contribution in [-0.2, 0) is 5.41 Å². The Morgan fingerprint density at radius 1 is 0.679 bits per heavy atom. The zero-order valence-corrected chi connectivity index (χ0v) is 18.4. The Morgan fingerprint density at radius 3 is 1.68 bits per heavy atom. The molecule has 3 heterocycles. The molecule has 0 aliphatic heterocycles. The van der Waals surface area contributed by atoms with Gasteiger partial charge >= 0.3 is 0 Å². The second kappa shape index (κ2) is 12.0. The van der Waals surface area contributed by atoms with Gasteiger partial charge in [0.1, 0.15) is 0 Å². The lowest BCUT2D eigenvalue weighted by atomic mass is 9.88. The van der Waals surface area contributed by atoms with Crippen molar-refractivity contribution in [2.24, 2.45) is 0 Å². The highest BCUT2D eigenvalue weighted by molar-refractivity contribution is 5.18. The van der Waals surface area contributed by atoms with E-state index in [1.165, 1.54) is 11.1 Å². The number of hydrogen-bond acceptors (Lipinski definition) is 3.